The highest BCUT2D eigenvalue weighted by Gasteiger charge is 2.16. The Bertz CT molecular complexity index is 785. The standard InChI is InChI=1S/C13H16ClN3O3S3/c1-3-17(7-10-4-5-11(14)22-10)12(18)6-9-8-21-13(15-9)16-23(2,19)20/h4-5,8H,3,6-7H2,1-2H3,(H,15,16). The van der Waals surface area contributed by atoms with E-state index in [1.807, 2.05) is 19.1 Å². The smallest absolute Gasteiger partial charge is 0.231 e. The third-order valence-electron chi connectivity index (χ3n) is 2.87. The number of nitrogens with one attached hydrogen (secondary N) is 1. The molecule has 10 heteroatoms. The van der Waals surface area contributed by atoms with Crippen LogP contribution in [-0.2, 0) is 27.8 Å². The van der Waals surface area contributed by atoms with Crippen LogP contribution in [0.15, 0.2) is 17.5 Å². The molecule has 0 fully saturated rings. The number of anilines is 1. The lowest BCUT2D eigenvalue weighted by molar-refractivity contribution is -0.130. The normalized spacial score (nSPS) is 11.4. The zero-order chi connectivity index (χ0) is 17.0. The largest absolute Gasteiger partial charge is 0.337 e. The molecule has 0 saturated carbocycles. The molecule has 0 aliphatic heterocycles. The highest BCUT2D eigenvalue weighted by molar-refractivity contribution is 7.92. The van der Waals surface area contributed by atoms with E-state index in [1.165, 1.54) is 11.3 Å². The van der Waals surface area contributed by atoms with Gasteiger partial charge in [-0.2, -0.15) is 0 Å². The molecule has 0 aliphatic rings. The van der Waals surface area contributed by atoms with Crippen LogP contribution >= 0.6 is 34.3 Å². The Kier molecular flexibility index (Phi) is 6.01. The summed E-state index contributed by atoms with van der Waals surface area (Å²) in [6.45, 7) is 2.99. The van der Waals surface area contributed by atoms with Gasteiger partial charge in [-0.3, -0.25) is 9.52 Å². The number of rotatable bonds is 7. The molecule has 0 spiro atoms. The average Bonchev–Trinajstić information content (AvgIpc) is 3.03. The number of carbonyl (C=O) groups excluding carboxylic acids is 1. The van der Waals surface area contributed by atoms with Crippen LogP contribution in [-0.4, -0.2) is 37.0 Å². The molecule has 2 rings (SSSR count). The summed E-state index contributed by atoms with van der Waals surface area (Å²) >= 11 is 8.51. The van der Waals surface area contributed by atoms with Crippen LogP contribution in [0.2, 0.25) is 4.34 Å². The molecule has 6 nitrogen and oxygen atoms in total. The van der Waals surface area contributed by atoms with Crippen LogP contribution in [0.25, 0.3) is 0 Å². The Balaban J connectivity index is 1.99. The van der Waals surface area contributed by atoms with Crippen LogP contribution in [0.4, 0.5) is 5.13 Å². The van der Waals surface area contributed by atoms with Crippen LogP contribution in [0, 0.1) is 0 Å². The van der Waals surface area contributed by atoms with Crippen molar-refractivity contribution in [2.24, 2.45) is 0 Å². The fourth-order valence-corrected chi connectivity index (χ4v) is 4.53. The van der Waals surface area contributed by atoms with Gasteiger partial charge in [-0.25, -0.2) is 13.4 Å². The molecule has 2 aromatic rings. The van der Waals surface area contributed by atoms with Gasteiger partial charge in [0, 0.05) is 16.8 Å². The number of likely N-dealkylation sites (N-methyl/N-ethyl adjacent to an activating group) is 1. The summed E-state index contributed by atoms with van der Waals surface area (Å²) in [5.41, 5.74) is 0.550. The quantitative estimate of drug-likeness (QED) is 0.784. The number of hydrogen-bond donors (Lipinski definition) is 1. The van der Waals surface area contributed by atoms with Crippen molar-refractivity contribution in [1.29, 1.82) is 0 Å². The first-order valence-corrected chi connectivity index (χ1v) is 10.7. The average molecular weight is 394 g/mol. The summed E-state index contributed by atoms with van der Waals surface area (Å²) in [6.07, 6.45) is 1.19. The first-order valence-electron chi connectivity index (χ1n) is 6.71. The number of thiophene rings is 1. The fourth-order valence-electron chi connectivity index (χ4n) is 1.86. The molecule has 2 aromatic heterocycles. The molecule has 126 valence electrons. The zero-order valence-corrected chi connectivity index (χ0v) is 15.8. The van der Waals surface area contributed by atoms with Crippen molar-refractivity contribution in [2.75, 3.05) is 17.5 Å². The molecule has 0 bridgehead atoms. The van der Waals surface area contributed by atoms with Crippen LogP contribution in [0.3, 0.4) is 0 Å². The third kappa shape index (κ3) is 5.76. The van der Waals surface area contributed by atoms with Crippen molar-refractivity contribution in [3.05, 3.63) is 32.4 Å². The second-order valence-corrected chi connectivity index (χ2v) is 9.21. The van der Waals surface area contributed by atoms with Gasteiger partial charge < -0.3 is 4.90 Å². The maximum Gasteiger partial charge on any atom is 0.231 e. The number of halogens is 1. The number of aromatic nitrogens is 1. The number of thiazole rings is 1. The van der Waals surface area contributed by atoms with Gasteiger partial charge in [0.1, 0.15) is 0 Å². The van der Waals surface area contributed by atoms with Gasteiger partial charge in [-0.15, -0.1) is 22.7 Å². The minimum atomic E-state index is -3.36. The lowest BCUT2D eigenvalue weighted by atomic mass is 10.3. The molecular formula is C13H16ClN3O3S3. The monoisotopic (exact) mass is 393 g/mol. The summed E-state index contributed by atoms with van der Waals surface area (Å²) in [6, 6.07) is 3.71. The van der Waals surface area contributed by atoms with Crippen LogP contribution in [0.1, 0.15) is 17.5 Å². The number of amides is 1. The van der Waals surface area contributed by atoms with E-state index in [4.69, 9.17) is 11.6 Å². The van der Waals surface area contributed by atoms with Gasteiger partial charge in [-0.05, 0) is 19.1 Å². The Labute approximate surface area is 148 Å². The third-order valence-corrected chi connectivity index (χ3v) is 5.58. The molecule has 0 unspecified atom stereocenters. The summed E-state index contributed by atoms with van der Waals surface area (Å²) in [5, 5.41) is 1.95. The van der Waals surface area contributed by atoms with Gasteiger partial charge in [0.25, 0.3) is 0 Å². The van der Waals surface area contributed by atoms with E-state index in [1.54, 1.807) is 10.3 Å². The summed E-state index contributed by atoms with van der Waals surface area (Å²) in [7, 11) is -3.36. The second kappa shape index (κ2) is 7.61. The Hall–Kier alpha value is -1.16. The Morgan fingerprint density at radius 3 is 2.74 bits per heavy atom. The Morgan fingerprint density at radius 2 is 2.17 bits per heavy atom. The minimum absolute atomic E-state index is 0.0618. The molecule has 0 aromatic carbocycles. The maximum absolute atomic E-state index is 12.4. The SMILES string of the molecule is CCN(Cc1ccc(Cl)s1)C(=O)Cc1csc(NS(C)(=O)=O)n1. The van der Waals surface area contributed by atoms with Crippen LogP contribution in [0.5, 0.6) is 0 Å². The molecule has 1 N–H and O–H groups in total. The topological polar surface area (TPSA) is 79.4 Å². The van der Waals surface area contributed by atoms with E-state index in [9.17, 15) is 13.2 Å². The van der Waals surface area contributed by atoms with E-state index in [0.717, 1.165) is 22.5 Å². The number of nitrogens with zero attached hydrogens (tertiary/aromatic N) is 2. The molecule has 2 heterocycles. The van der Waals surface area contributed by atoms with Crippen molar-refractivity contribution >= 4 is 55.3 Å². The van der Waals surface area contributed by atoms with Crippen LogP contribution < -0.4 is 4.72 Å². The predicted octanol–water partition coefficient (Wildman–Crippen LogP) is 2.82. The van der Waals surface area contributed by atoms with Gasteiger partial charge in [0.05, 0.1) is 29.3 Å². The van der Waals surface area contributed by atoms with Crippen molar-refractivity contribution in [1.82, 2.24) is 9.88 Å². The first kappa shape index (κ1) is 18.2. The van der Waals surface area contributed by atoms with E-state index in [-0.39, 0.29) is 17.5 Å². The highest BCUT2D eigenvalue weighted by Crippen LogP contribution is 2.23. The maximum atomic E-state index is 12.4. The van der Waals surface area contributed by atoms with Gasteiger partial charge in [0.15, 0.2) is 5.13 Å². The number of sulfonamides is 1. The first-order chi connectivity index (χ1) is 10.8. The molecule has 0 radical (unpaired) electrons. The summed E-state index contributed by atoms with van der Waals surface area (Å²) in [5.74, 6) is -0.0618. The Morgan fingerprint density at radius 1 is 1.43 bits per heavy atom. The summed E-state index contributed by atoms with van der Waals surface area (Å²) < 4.78 is 25.3. The van der Waals surface area contributed by atoms with E-state index in [2.05, 4.69) is 9.71 Å². The fraction of sp³-hybridized carbons (Fsp3) is 0.385. The molecule has 1 amide bonds. The van der Waals surface area contributed by atoms with Gasteiger partial charge >= 0.3 is 0 Å². The van der Waals surface area contributed by atoms with E-state index in [0.29, 0.717) is 23.1 Å². The van der Waals surface area contributed by atoms with Crippen molar-refractivity contribution in [3.8, 4) is 0 Å². The summed E-state index contributed by atoms with van der Waals surface area (Å²) in [4.78, 5) is 19.2. The van der Waals surface area contributed by atoms with E-state index < -0.39 is 10.0 Å². The molecular weight excluding hydrogens is 378 g/mol. The predicted molar refractivity (Wildman–Crippen MR) is 94.7 cm³/mol. The van der Waals surface area contributed by atoms with E-state index >= 15 is 0 Å². The minimum Gasteiger partial charge on any atom is -0.337 e. The van der Waals surface area contributed by atoms with Gasteiger partial charge in [-0.1, -0.05) is 11.6 Å². The number of hydrogen-bond acceptors (Lipinski definition) is 6. The molecule has 23 heavy (non-hydrogen) atoms. The lowest BCUT2D eigenvalue weighted by Crippen LogP contribution is -2.31. The lowest BCUT2D eigenvalue weighted by Gasteiger charge is -2.19. The zero-order valence-electron chi connectivity index (χ0n) is 12.6. The number of carbonyl (C=O) groups is 1. The van der Waals surface area contributed by atoms with Crippen molar-refractivity contribution in [2.45, 2.75) is 19.9 Å². The van der Waals surface area contributed by atoms with Crippen molar-refractivity contribution < 1.29 is 13.2 Å². The molecule has 0 saturated heterocycles. The van der Waals surface area contributed by atoms with Gasteiger partial charge in [0.2, 0.25) is 15.9 Å². The van der Waals surface area contributed by atoms with Crippen molar-refractivity contribution in [3.63, 3.8) is 0 Å². The molecule has 0 aliphatic carbocycles. The second-order valence-electron chi connectivity index (χ2n) is 4.81. The molecule has 0 atom stereocenters. The highest BCUT2D eigenvalue weighted by atomic mass is 35.5.